The number of hydrogen-bond acceptors (Lipinski definition) is 3. The lowest BCUT2D eigenvalue weighted by atomic mass is 10.0. The van der Waals surface area contributed by atoms with E-state index in [1.807, 2.05) is 33.7 Å². The number of rotatable bonds is 2. The van der Waals surface area contributed by atoms with E-state index in [2.05, 4.69) is 4.98 Å². The molecule has 3 aromatic rings. The first-order chi connectivity index (χ1) is 11.6. The standard InChI is InChI=1S/C18H19N3O3/c1-12-14(8-11-24-12)17(22)20-9-6-13(7-10-20)21-16-5-3-2-4-15(16)19-18(21)23/h2-5,8,11,13H,6-7,9-10H2,1H3,(H,19,23). The van der Waals surface area contributed by atoms with Crippen LogP contribution < -0.4 is 5.69 Å². The molecule has 4 rings (SSSR count). The number of likely N-dealkylation sites (tertiary alicyclic amines) is 1. The molecule has 6 nitrogen and oxygen atoms in total. The van der Waals surface area contributed by atoms with Gasteiger partial charge in [-0.2, -0.15) is 0 Å². The minimum absolute atomic E-state index is 0.00553. The Hall–Kier alpha value is -2.76. The maximum atomic E-state index is 12.5. The Bertz CT molecular complexity index is 942. The average molecular weight is 325 g/mol. The molecule has 0 spiro atoms. The number of piperidine rings is 1. The van der Waals surface area contributed by atoms with Gasteiger partial charge in [0.15, 0.2) is 0 Å². The number of hydrogen-bond donors (Lipinski definition) is 1. The van der Waals surface area contributed by atoms with Crippen LogP contribution in [0.2, 0.25) is 0 Å². The number of carbonyl (C=O) groups excluding carboxylic acids is 1. The number of benzene rings is 1. The maximum Gasteiger partial charge on any atom is 0.326 e. The second kappa shape index (κ2) is 5.70. The molecule has 6 heteroatoms. The highest BCUT2D eigenvalue weighted by Crippen LogP contribution is 2.26. The van der Waals surface area contributed by atoms with Gasteiger partial charge in [0.05, 0.1) is 22.9 Å². The summed E-state index contributed by atoms with van der Waals surface area (Å²) < 4.78 is 7.06. The summed E-state index contributed by atoms with van der Waals surface area (Å²) in [4.78, 5) is 29.6. The van der Waals surface area contributed by atoms with Crippen LogP contribution in [0, 0.1) is 6.92 Å². The second-order valence-electron chi connectivity index (χ2n) is 6.23. The molecule has 0 saturated carbocycles. The van der Waals surface area contributed by atoms with Gasteiger partial charge in [0.25, 0.3) is 5.91 Å². The first-order valence-corrected chi connectivity index (χ1v) is 8.18. The van der Waals surface area contributed by atoms with E-state index in [9.17, 15) is 9.59 Å². The van der Waals surface area contributed by atoms with Gasteiger partial charge in [-0.1, -0.05) is 12.1 Å². The smallest absolute Gasteiger partial charge is 0.326 e. The molecule has 24 heavy (non-hydrogen) atoms. The van der Waals surface area contributed by atoms with E-state index in [1.165, 1.54) is 0 Å². The molecule has 0 atom stereocenters. The van der Waals surface area contributed by atoms with E-state index >= 15 is 0 Å². The SMILES string of the molecule is Cc1occc1C(=O)N1CCC(n2c(=O)[nH]c3ccccc32)CC1. The zero-order valence-corrected chi connectivity index (χ0v) is 13.5. The molecule has 0 unspecified atom stereocenters. The molecule has 1 amide bonds. The van der Waals surface area contributed by atoms with Crippen LogP contribution in [0.4, 0.5) is 0 Å². The summed E-state index contributed by atoms with van der Waals surface area (Å²) in [5.74, 6) is 0.654. The summed E-state index contributed by atoms with van der Waals surface area (Å²) in [5.41, 5.74) is 2.33. The minimum atomic E-state index is -0.0772. The largest absolute Gasteiger partial charge is 0.469 e. The molecule has 124 valence electrons. The molecular weight excluding hydrogens is 306 g/mol. The molecular formula is C18H19N3O3. The third-order valence-corrected chi connectivity index (χ3v) is 4.83. The van der Waals surface area contributed by atoms with Gasteiger partial charge in [0, 0.05) is 19.1 Å². The van der Waals surface area contributed by atoms with E-state index in [4.69, 9.17) is 4.42 Å². The van der Waals surface area contributed by atoms with E-state index in [0.29, 0.717) is 24.4 Å². The van der Waals surface area contributed by atoms with Crippen molar-refractivity contribution in [2.75, 3.05) is 13.1 Å². The third kappa shape index (κ3) is 2.35. The number of aromatic nitrogens is 2. The van der Waals surface area contributed by atoms with Crippen LogP contribution in [0.1, 0.15) is 35.0 Å². The monoisotopic (exact) mass is 325 g/mol. The number of amides is 1. The highest BCUT2D eigenvalue weighted by molar-refractivity contribution is 5.95. The van der Waals surface area contributed by atoms with Crippen LogP contribution in [0.15, 0.2) is 45.8 Å². The number of nitrogens with one attached hydrogen (secondary N) is 1. The van der Waals surface area contributed by atoms with Crippen LogP contribution in [0.25, 0.3) is 11.0 Å². The van der Waals surface area contributed by atoms with Crippen LogP contribution in [0.3, 0.4) is 0 Å². The van der Waals surface area contributed by atoms with Crippen molar-refractivity contribution in [3.8, 4) is 0 Å². The van der Waals surface area contributed by atoms with E-state index in [1.54, 1.807) is 19.3 Å². The van der Waals surface area contributed by atoms with Crippen molar-refractivity contribution < 1.29 is 9.21 Å². The zero-order valence-electron chi connectivity index (χ0n) is 13.5. The number of imidazole rings is 1. The van der Waals surface area contributed by atoms with Crippen molar-refractivity contribution in [1.29, 1.82) is 0 Å². The fourth-order valence-corrected chi connectivity index (χ4v) is 3.54. The van der Waals surface area contributed by atoms with Gasteiger partial charge in [0.1, 0.15) is 5.76 Å². The minimum Gasteiger partial charge on any atom is -0.469 e. The van der Waals surface area contributed by atoms with Crippen LogP contribution >= 0.6 is 0 Å². The molecule has 1 aliphatic rings. The number of para-hydroxylation sites is 2. The fourth-order valence-electron chi connectivity index (χ4n) is 3.54. The Morgan fingerprint density at radius 3 is 2.67 bits per heavy atom. The summed E-state index contributed by atoms with van der Waals surface area (Å²) in [6, 6.07) is 9.55. The number of H-pyrrole nitrogens is 1. The summed E-state index contributed by atoms with van der Waals surface area (Å²) in [6.07, 6.45) is 3.08. The Balaban J connectivity index is 1.54. The fraction of sp³-hybridized carbons (Fsp3) is 0.333. The highest BCUT2D eigenvalue weighted by Gasteiger charge is 2.27. The molecule has 0 radical (unpaired) electrons. The van der Waals surface area contributed by atoms with Crippen molar-refractivity contribution in [2.24, 2.45) is 0 Å². The van der Waals surface area contributed by atoms with Crippen molar-refractivity contribution >= 4 is 16.9 Å². The molecule has 1 aliphatic heterocycles. The summed E-state index contributed by atoms with van der Waals surface area (Å²) in [7, 11) is 0. The number of nitrogens with zero attached hydrogens (tertiary/aromatic N) is 2. The molecule has 1 saturated heterocycles. The first-order valence-electron chi connectivity index (χ1n) is 8.18. The highest BCUT2D eigenvalue weighted by atomic mass is 16.3. The molecule has 1 aromatic carbocycles. The molecule has 0 aliphatic carbocycles. The third-order valence-electron chi connectivity index (χ3n) is 4.83. The molecule has 2 aromatic heterocycles. The average Bonchev–Trinajstić information content (AvgIpc) is 3.16. The normalized spacial score (nSPS) is 16.0. The van der Waals surface area contributed by atoms with Crippen LogP contribution in [0.5, 0.6) is 0 Å². The van der Waals surface area contributed by atoms with Crippen molar-refractivity contribution in [1.82, 2.24) is 14.5 Å². The van der Waals surface area contributed by atoms with Gasteiger partial charge in [-0.3, -0.25) is 9.36 Å². The quantitative estimate of drug-likeness (QED) is 0.787. The van der Waals surface area contributed by atoms with E-state index in [0.717, 1.165) is 23.9 Å². The van der Waals surface area contributed by atoms with Crippen LogP contribution in [-0.4, -0.2) is 33.4 Å². The van der Waals surface area contributed by atoms with Gasteiger partial charge in [-0.25, -0.2) is 4.79 Å². The topological polar surface area (TPSA) is 71.2 Å². The lowest BCUT2D eigenvalue weighted by molar-refractivity contribution is 0.0693. The van der Waals surface area contributed by atoms with Gasteiger partial charge in [-0.15, -0.1) is 0 Å². The number of aromatic amines is 1. The maximum absolute atomic E-state index is 12.5. The second-order valence-corrected chi connectivity index (χ2v) is 6.23. The van der Waals surface area contributed by atoms with Gasteiger partial charge >= 0.3 is 5.69 Å². The molecule has 1 fully saturated rings. The summed E-state index contributed by atoms with van der Waals surface area (Å²) >= 11 is 0. The van der Waals surface area contributed by atoms with E-state index in [-0.39, 0.29) is 17.6 Å². The van der Waals surface area contributed by atoms with Crippen molar-refractivity contribution in [3.05, 3.63) is 58.4 Å². The lowest BCUT2D eigenvalue weighted by Gasteiger charge is -2.32. The number of fused-ring (bicyclic) bond motifs is 1. The molecule has 0 bridgehead atoms. The predicted molar refractivity (Wildman–Crippen MR) is 90.2 cm³/mol. The number of furan rings is 1. The number of carbonyl (C=O) groups is 1. The summed E-state index contributed by atoms with van der Waals surface area (Å²) in [6.45, 7) is 3.08. The Labute approximate surface area is 138 Å². The Kier molecular flexibility index (Phi) is 3.52. The zero-order chi connectivity index (χ0) is 16.7. The number of aryl methyl sites for hydroxylation is 1. The lowest BCUT2D eigenvalue weighted by Crippen LogP contribution is -2.40. The van der Waals surface area contributed by atoms with Gasteiger partial charge < -0.3 is 14.3 Å². The molecule has 1 N–H and O–H groups in total. The Morgan fingerprint density at radius 1 is 1.21 bits per heavy atom. The summed E-state index contributed by atoms with van der Waals surface area (Å²) in [5, 5.41) is 0. The van der Waals surface area contributed by atoms with Gasteiger partial charge in [0.2, 0.25) is 0 Å². The Morgan fingerprint density at radius 2 is 1.96 bits per heavy atom. The van der Waals surface area contributed by atoms with Crippen molar-refractivity contribution in [2.45, 2.75) is 25.8 Å². The van der Waals surface area contributed by atoms with E-state index < -0.39 is 0 Å². The van der Waals surface area contributed by atoms with Crippen molar-refractivity contribution in [3.63, 3.8) is 0 Å². The van der Waals surface area contributed by atoms with Gasteiger partial charge in [-0.05, 0) is 38.0 Å². The molecule has 3 heterocycles. The first kappa shape index (κ1) is 14.8. The predicted octanol–water partition coefficient (Wildman–Crippen LogP) is 2.71. The van der Waals surface area contributed by atoms with Crippen LogP contribution in [-0.2, 0) is 0 Å².